The molecular formula is C37H60N4O7. The lowest BCUT2D eigenvalue weighted by Gasteiger charge is -2.32. The second-order valence-corrected chi connectivity index (χ2v) is 14.6. The van der Waals surface area contributed by atoms with Gasteiger partial charge in [-0.15, -0.1) is 0 Å². The Bertz CT molecular complexity index is 1340. The van der Waals surface area contributed by atoms with E-state index in [1.807, 2.05) is 25.6 Å². The molecule has 1 saturated carbocycles. The van der Waals surface area contributed by atoms with Crippen LogP contribution in [0.2, 0.25) is 0 Å². The van der Waals surface area contributed by atoms with Crippen LogP contribution in [0.1, 0.15) is 91.8 Å². The number of benzene rings is 1. The Kier molecular flexibility index (Phi) is 15.2. The number of aliphatic hydroxyl groups is 1. The summed E-state index contributed by atoms with van der Waals surface area (Å²) in [4.78, 5) is 38.4. The number of hydrogen-bond acceptors (Lipinski definition) is 8. The minimum Gasteiger partial charge on any atom is -0.425 e. The number of aliphatic hydroxyl groups excluding tert-OH is 1. The zero-order valence-electron chi connectivity index (χ0n) is 30.6. The highest BCUT2D eigenvalue weighted by molar-refractivity contribution is 5.83. The highest BCUT2D eigenvalue weighted by Crippen LogP contribution is 2.30. The lowest BCUT2D eigenvalue weighted by molar-refractivity contribution is -0.168. The van der Waals surface area contributed by atoms with Crippen molar-refractivity contribution in [3.63, 3.8) is 0 Å². The van der Waals surface area contributed by atoms with Crippen LogP contribution in [0, 0.1) is 35.5 Å². The summed E-state index contributed by atoms with van der Waals surface area (Å²) in [5.74, 6) is -0.507. The van der Waals surface area contributed by atoms with Crippen LogP contribution >= 0.6 is 0 Å². The minimum atomic E-state index is -1.10. The van der Waals surface area contributed by atoms with Gasteiger partial charge in [-0.3, -0.25) is 14.3 Å². The van der Waals surface area contributed by atoms with Crippen molar-refractivity contribution in [2.24, 2.45) is 42.6 Å². The molecule has 3 N–H and O–H groups in total. The van der Waals surface area contributed by atoms with Crippen molar-refractivity contribution in [1.29, 1.82) is 0 Å². The molecule has 1 aromatic heterocycles. The number of hydrogen-bond donors (Lipinski definition) is 3. The number of alkyl carbamates (subject to hydrolysis) is 1. The van der Waals surface area contributed by atoms with Gasteiger partial charge in [0.2, 0.25) is 12.2 Å². The summed E-state index contributed by atoms with van der Waals surface area (Å²) in [5.41, 5.74) is 3.25. The number of esters is 1. The van der Waals surface area contributed by atoms with Crippen LogP contribution in [0.25, 0.3) is 10.9 Å². The van der Waals surface area contributed by atoms with Gasteiger partial charge in [0.1, 0.15) is 0 Å². The van der Waals surface area contributed by atoms with E-state index < -0.39 is 36.4 Å². The molecule has 2 amide bonds. The summed E-state index contributed by atoms with van der Waals surface area (Å²) >= 11 is 0. The Hall–Kier alpha value is -3.18. The normalized spacial score (nSPS) is 16.5. The van der Waals surface area contributed by atoms with Gasteiger partial charge in [0.15, 0.2) is 0 Å². The van der Waals surface area contributed by atoms with E-state index >= 15 is 0 Å². The Morgan fingerprint density at radius 3 is 2.33 bits per heavy atom. The first-order chi connectivity index (χ1) is 22.7. The molecule has 1 aliphatic rings. The van der Waals surface area contributed by atoms with E-state index in [-0.39, 0.29) is 36.0 Å². The standard InChI is InChI=1S/C37H60N4O7/c1-22(2)28(17-27-14-15-33-30(18-27)31(40-41(33)8)11-10-16-46-9)19-32(39-37(45)48-25(7)47-36(44)24(5)6)34(42)20-29(23(3)4)35(43)38-21-26-12-13-26/h14-15,18,22-26,28-29,32,34,42H,10-13,16-17,19-21H2,1-9H3,(H,38,43)(H,39,45)/t25?,28-,29-,32-,34-/m0/s1. The van der Waals surface area contributed by atoms with Gasteiger partial charge in [0.25, 0.3) is 0 Å². The summed E-state index contributed by atoms with van der Waals surface area (Å²) in [5, 5.41) is 23.5. The van der Waals surface area contributed by atoms with Crippen molar-refractivity contribution in [3.05, 3.63) is 29.5 Å². The molecule has 0 spiro atoms. The zero-order chi connectivity index (χ0) is 35.5. The van der Waals surface area contributed by atoms with Crippen molar-refractivity contribution in [2.45, 2.75) is 112 Å². The molecule has 11 heteroatoms. The number of amides is 2. The fourth-order valence-corrected chi connectivity index (χ4v) is 6.08. The molecular weight excluding hydrogens is 612 g/mol. The number of aromatic nitrogens is 2. The largest absolute Gasteiger partial charge is 0.425 e. The molecule has 0 radical (unpaired) electrons. The predicted molar refractivity (Wildman–Crippen MR) is 186 cm³/mol. The molecule has 1 heterocycles. The highest BCUT2D eigenvalue weighted by atomic mass is 16.7. The molecule has 0 bridgehead atoms. The molecule has 5 atom stereocenters. The molecule has 0 saturated heterocycles. The topological polar surface area (TPSA) is 141 Å². The van der Waals surface area contributed by atoms with E-state index in [1.54, 1.807) is 21.0 Å². The highest BCUT2D eigenvalue weighted by Gasteiger charge is 2.34. The fourth-order valence-electron chi connectivity index (χ4n) is 6.08. The molecule has 1 aliphatic carbocycles. The summed E-state index contributed by atoms with van der Waals surface area (Å²) in [6.45, 7) is 14.5. The number of rotatable bonds is 20. The van der Waals surface area contributed by atoms with E-state index in [4.69, 9.17) is 19.3 Å². The van der Waals surface area contributed by atoms with Gasteiger partial charge in [-0.25, -0.2) is 4.79 Å². The predicted octanol–water partition coefficient (Wildman–Crippen LogP) is 5.55. The maximum Gasteiger partial charge on any atom is 0.410 e. The molecule has 48 heavy (non-hydrogen) atoms. The van der Waals surface area contributed by atoms with Gasteiger partial charge in [0.05, 0.1) is 29.3 Å². The second-order valence-electron chi connectivity index (χ2n) is 14.6. The van der Waals surface area contributed by atoms with Gasteiger partial charge >= 0.3 is 12.1 Å². The lowest BCUT2D eigenvalue weighted by Crippen LogP contribution is -2.48. The van der Waals surface area contributed by atoms with Crippen molar-refractivity contribution in [2.75, 3.05) is 20.3 Å². The number of aryl methyl sites for hydroxylation is 2. The zero-order valence-corrected chi connectivity index (χ0v) is 30.6. The summed E-state index contributed by atoms with van der Waals surface area (Å²) in [6.07, 6.45) is 2.43. The molecule has 3 rings (SSSR count). The molecule has 0 aliphatic heterocycles. The molecule has 1 aromatic carbocycles. The average molecular weight is 673 g/mol. The molecule has 11 nitrogen and oxygen atoms in total. The van der Waals surface area contributed by atoms with Crippen LogP contribution in [-0.4, -0.2) is 71.6 Å². The lowest BCUT2D eigenvalue weighted by atomic mass is 9.80. The molecule has 1 fully saturated rings. The van der Waals surface area contributed by atoms with Crippen LogP contribution < -0.4 is 10.6 Å². The Morgan fingerprint density at radius 1 is 1.02 bits per heavy atom. The third-order valence-corrected chi connectivity index (χ3v) is 9.44. The Labute approximate surface area is 286 Å². The summed E-state index contributed by atoms with van der Waals surface area (Å²) in [6, 6.07) is 5.72. The number of nitrogens with zero attached hydrogens (tertiary/aromatic N) is 2. The van der Waals surface area contributed by atoms with Crippen molar-refractivity contribution in [1.82, 2.24) is 20.4 Å². The van der Waals surface area contributed by atoms with E-state index in [0.717, 1.165) is 54.3 Å². The maximum absolute atomic E-state index is 13.2. The SMILES string of the molecule is COCCCc1nn(C)c2ccc(C[C@@H](C[C@H](NC(=O)OC(C)OC(=O)C(C)C)[C@@H](O)C[C@H](C(=O)NCC3CC3)C(C)C)C(C)C)cc12. The summed E-state index contributed by atoms with van der Waals surface area (Å²) < 4.78 is 17.8. The summed E-state index contributed by atoms with van der Waals surface area (Å²) in [7, 11) is 3.66. The number of ether oxygens (including phenoxy) is 3. The third-order valence-electron chi connectivity index (χ3n) is 9.44. The smallest absolute Gasteiger partial charge is 0.410 e. The van der Waals surface area contributed by atoms with Gasteiger partial charge in [-0.2, -0.15) is 5.10 Å². The monoisotopic (exact) mass is 672 g/mol. The average Bonchev–Trinajstić information content (AvgIpc) is 3.80. The molecule has 2 aromatic rings. The second kappa shape index (κ2) is 18.5. The van der Waals surface area contributed by atoms with Crippen LogP contribution in [0.5, 0.6) is 0 Å². The molecule has 270 valence electrons. The number of carbonyl (C=O) groups excluding carboxylic acids is 3. The first kappa shape index (κ1) is 39.3. The van der Waals surface area contributed by atoms with Crippen molar-refractivity contribution in [3.8, 4) is 0 Å². The Balaban J connectivity index is 1.82. The van der Waals surface area contributed by atoms with E-state index in [1.165, 1.54) is 6.92 Å². The maximum atomic E-state index is 13.2. The van der Waals surface area contributed by atoms with Crippen molar-refractivity contribution < 1.29 is 33.7 Å². The van der Waals surface area contributed by atoms with Crippen LogP contribution in [-0.2, 0) is 43.7 Å². The van der Waals surface area contributed by atoms with E-state index in [0.29, 0.717) is 25.5 Å². The van der Waals surface area contributed by atoms with Gasteiger partial charge in [-0.05, 0) is 86.3 Å². The van der Waals surface area contributed by atoms with E-state index in [2.05, 4.69) is 42.7 Å². The fraction of sp³-hybridized carbons (Fsp3) is 0.730. The quantitative estimate of drug-likeness (QED) is 0.0946. The van der Waals surface area contributed by atoms with Crippen LogP contribution in [0.15, 0.2) is 18.2 Å². The number of fused-ring (bicyclic) bond motifs is 1. The third kappa shape index (κ3) is 12.1. The van der Waals surface area contributed by atoms with Gasteiger partial charge in [0, 0.05) is 45.5 Å². The van der Waals surface area contributed by atoms with Crippen molar-refractivity contribution >= 4 is 28.9 Å². The number of nitrogens with one attached hydrogen (secondary N) is 2. The van der Waals surface area contributed by atoms with Gasteiger partial charge < -0.3 is 30.0 Å². The minimum absolute atomic E-state index is 0.00730. The first-order valence-electron chi connectivity index (χ1n) is 17.8. The van der Waals surface area contributed by atoms with Crippen LogP contribution in [0.3, 0.4) is 0 Å². The molecule has 1 unspecified atom stereocenters. The van der Waals surface area contributed by atoms with Gasteiger partial charge in [-0.1, -0.05) is 47.6 Å². The first-order valence-corrected chi connectivity index (χ1v) is 17.8. The number of carbonyl (C=O) groups is 3. The Morgan fingerprint density at radius 2 is 1.73 bits per heavy atom. The van der Waals surface area contributed by atoms with E-state index in [9.17, 15) is 19.5 Å². The number of methoxy groups -OCH3 is 1. The van der Waals surface area contributed by atoms with Crippen LogP contribution in [0.4, 0.5) is 4.79 Å².